The first-order valence-corrected chi connectivity index (χ1v) is 14.1. The summed E-state index contributed by atoms with van der Waals surface area (Å²) in [5.41, 5.74) is 4.25. The second-order valence-corrected chi connectivity index (χ2v) is 11.7. The number of allylic oxidation sites excluding steroid dienone is 6. The summed E-state index contributed by atoms with van der Waals surface area (Å²) in [6.07, 6.45) is 20.9. The van der Waals surface area contributed by atoms with Gasteiger partial charge < -0.3 is 10.2 Å². The van der Waals surface area contributed by atoms with E-state index in [-0.39, 0.29) is 11.9 Å². The van der Waals surface area contributed by atoms with Gasteiger partial charge in [0.2, 0.25) is 5.91 Å². The summed E-state index contributed by atoms with van der Waals surface area (Å²) in [4.78, 5) is 15.8. The molecular weight excluding hydrogens is 416 g/mol. The van der Waals surface area contributed by atoms with Crippen LogP contribution in [0.2, 0.25) is 0 Å². The van der Waals surface area contributed by atoms with Crippen LogP contribution in [-0.4, -0.2) is 29.9 Å². The first-order valence-electron chi connectivity index (χ1n) is 14.1. The number of carbonyl (C=O) groups is 1. The van der Waals surface area contributed by atoms with Crippen molar-refractivity contribution in [3.05, 3.63) is 47.2 Å². The molecule has 1 amide bonds. The van der Waals surface area contributed by atoms with Gasteiger partial charge in [0.05, 0.1) is 6.04 Å². The first-order chi connectivity index (χ1) is 16.3. The Hall–Kier alpha value is -1.77. The third kappa shape index (κ3) is 7.36. The van der Waals surface area contributed by atoms with E-state index in [0.717, 1.165) is 37.8 Å². The van der Waals surface area contributed by atoms with Gasteiger partial charge >= 0.3 is 0 Å². The monoisotopic (exact) mass is 466 g/mol. The van der Waals surface area contributed by atoms with Crippen LogP contribution in [0.4, 0.5) is 0 Å². The SMILES string of the molecule is CCC1CCC(CN(CCC(=O)NC2C(C(C)C)=CC=CC2C(C)C)C2=CC=C(C)CC2)CC1. The van der Waals surface area contributed by atoms with Gasteiger partial charge in [0.15, 0.2) is 0 Å². The molecule has 0 aromatic carbocycles. The number of amides is 1. The summed E-state index contributed by atoms with van der Waals surface area (Å²) in [5.74, 6) is 3.19. The van der Waals surface area contributed by atoms with Gasteiger partial charge in [-0.25, -0.2) is 0 Å². The van der Waals surface area contributed by atoms with Gasteiger partial charge in [-0.15, -0.1) is 0 Å². The fraction of sp³-hybridized carbons (Fsp3) is 0.710. The highest BCUT2D eigenvalue weighted by Gasteiger charge is 2.30. The van der Waals surface area contributed by atoms with E-state index in [1.165, 1.54) is 48.9 Å². The Kier molecular flexibility index (Phi) is 10.1. The molecule has 34 heavy (non-hydrogen) atoms. The Morgan fingerprint density at radius 1 is 1.03 bits per heavy atom. The molecule has 0 radical (unpaired) electrons. The fourth-order valence-electron chi connectivity index (χ4n) is 6.03. The molecule has 3 heteroatoms. The molecule has 1 N–H and O–H groups in total. The molecular formula is C31H50N2O. The zero-order chi connectivity index (χ0) is 24.7. The quantitative estimate of drug-likeness (QED) is 0.363. The maximum Gasteiger partial charge on any atom is 0.222 e. The predicted octanol–water partition coefficient (Wildman–Crippen LogP) is 7.43. The molecule has 2 unspecified atom stereocenters. The van der Waals surface area contributed by atoms with E-state index < -0.39 is 0 Å². The lowest BCUT2D eigenvalue weighted by Crippen LogP contribution is -2.45. The van der Waals surface area contributed by atoms with Crippen molar-refractivity contribution in [2.45, 2.75) is 99.0 Å². The van der Waals surface area contributed by atoms with Gasteiger partial charge in [-0.1, -0.05) is 83.8 Å². The Labute approximate surface area is 209 Å². The normalized spacial score (nSPS) is 27.4. The van der Waals surface area contributed by atoms with E-state index >= 15 is 0 Å². The van der Waals surface area contributed by atoms with Crippen molar-refractivity contribution < 1.29 is 4.79 Å². The van der Waals surface area contributed by atoms with Crippen LogP contribution >= 0.6 is 0 Å². The van der Waals surface area contributed by atoms with Crippen molar-refractivity contribution >= 4 is 5.91 Å². The minimum atomic E-state index is 0.120. The van der Waals surface area contributed by atoms with Crippen LogP contribution in [-0.2, 0) is 4.79 Å². The van der Waals surface area contributed by atoms with Crippen molar-refractivity contribution in [3.63, 3.8) is 0 Å². The zero-order valence-corrected chi connectivity index (χ0v) is 22.8. The standard InChI is InChI=1S/C31H50N2O/c1-7-25-13-15-26(16-14-25)21-33(27-17-11-24(6)12-18-27)20-19-30(34)32-31-28(22(2)3)9-8-10-29(31)23(4)5/h8-11,17,22-23,25-26,28,31H,7,12-16,18-21H2,1-6H3,(H,32,34). The molecule has 3 nitrogen and oxygen atoms in total. The number of carbonyl (C=O) groups excluding carboxylic acids is 1. The summed E-state index contributed by atoms with van der Waals surface area (Å²) in [6.45, 7) is 15.5. The van der Waals surface area contributed by atoms with Gasteiger partial charge in [-0.2, -0.15) is 0 Å². The molecule has 0 aromatic rings. The van der Waals surface area contributed by atoms with Crippen LogP contribution in [0.1, 0.15) is 92.9 Å². The number of nitrogens with zero attached hydrogens (tertiary/aromatic N) is 1. The van der Waals surface area contributed by atoms with E-state index in [1.54, 1.807) is 0 Å². The van der Waals surface area contributed by atoms with Gasteiger partial charge in [-0.3, -0.25) is 4.79 Å². The van der Waals surface area contributed by atoms with Crippen molar-refractivity contribution in [2.24, 2.45) is 29.6 Å². The van der Waals surface area contributed by atoms with Gasteiger partial charge in [0, 0.05) is 31.1 Å². The molecule has 3 rings (SSSR count). The average Bonchev–Trinajstić information content (AvgIpc) is 2.82. The van der Waals surface area contributed by atoms with Crippen molar-refractivity contribution in [3.8, 4) is 0 Å². The molecule has 190 valence electrons. The highest BCUT2D eigenvalue weighted by Crippen LogP contribution is 2.33. The second-order valence-electron chi connectivity index (χ2n) is 11.7. The van der Waals surface area contributed by atoms with Crippen molar-refractivity contribution in [2.75, 3.05) is 13.1 Å². The average molecular weight is 467 g/mol. The highest BCUT2D eigenvalue weighted by molar-refractivity contribution is 5.77. The summed E-state index contributed by atoms with van der Waals surface area (Å²) >= 11 is 0. The Bertz CT molecular complexity index is 792. The molecule has 0 saturated heterocycles. The van der Waals surface area contributed by atoms with Crippen LogP contribution in [0.3, 0.4) is 0 Å². The number of hydrogen-bond acceptors (Lipinski definition) is 2. The van der Waals surface area contributed by atoms with Crippen LogP contribution in [0, 0.1) is 29.6 Å². The molecule has 3 aliphatic carbocycles. The third-order valence-electron chi connectivity index (χ3n) is 8.49. The van der Waals surface area contributed by atoms with E-state index in [4.69, 9.17) is 0 Å². The lowest BCUT2D eigenvalue weighted by atomic mass is 9.77. The van der Waals surface area contributed by atoms with Crippen molar-refractivity contribution in [1.82, 2.24) is 10.2 Å². The Morgan fingerprint density at radius 2 is 1.74 bits per heavy atom. The van der Waals surface area contributed by atoms with Gasteiger partial charge in [0.1, 0.15) is 0 Å². The topological polar surface area (TPSA) is 32.3 Å². The maximum atomic E-state index is 13.2. The molecule has 0 heterocycles. The van der Waals surface area contributed by atoms with Crippen LogP contribution in [0.15, 0.2) is 47.2 Å². The van der Waals surface area contributed by atoms with E-state index in [1.807, 2.05) is 0 Å². The second kappa shape index (κ2) is 12.8. The number of hydrogen-bond donors (Lipinski definition) is 1. The van der Waals surface area contributed by atoms with Gasteiger partial charge in [0.25, 0.3) is 0 Å². The maximum absolute atomic E-state index is 13.2. The largest absolute Gasteiger partial charge is 0.374 e. The Morgan fingerprint density at radius 3 is 2.32 bits per heavy atom. The molecule has 3 aliphatic rings. The molecule has 0 aromatic heterocycles. The van der Waals surface area contributed by atoms with Crippen LogP contribution < -0.4 is 5.32 Å². The molecule has 1 saturated carbocycles. The van der Waals surface area contributed by atoms with Crippen LogP contribution in [0.5, 0.6) is 0 Å². The lowest BCUT2D eigenvalue weighted by Gasteiger charge is -2.36. The highest BCUT2D eigenvalue weighted by atomic mass is 16.1. The van der Waals surface area contributed by atoms with Crippen molar-refractivity contribution in [1.29, 1.82) is 0 Å². The molecule has 1 fully saturated rings. The number of nitrogens with one attached hydrogen (secondary N) is 1. The van der Waals surface area contributed by atoms with E-state index in [9.17, 15) is 4.79 Å². The van der Waals surface area contributed by atoms with Gasteiger partial charge in [-0.05, 0) is 67.9 Å². The summed E-state index contributed by atoms with van der Waals surface area (Å²) in [6, 6.07) is 0.120. The molecule has 2 atom stereocenters. The van der Waals surface area contributed by atoms with Crippen LogP contribution in [0.25, 0.3) is 0 Å². The minimum Gasteiger partial charge on any atom is -0.374 e. The Balaban J connectivity index is 1.63. The summed E-state index contributed by atoms with van der Waals surface area (Å²) in [5, 5.41) is 3.45. The lowest BCUT2D eigenvalue weighted by molar-refractivity contribution is -0.122. The smallest absolute Gasteiger partial charge is 0.222 e. The number of rotatable bonds is 10. The summed E-state index contributed by atoms with van der Waals surface area (Å²) < 4.78 is 0. The minimum absolute atomic E-state index is 0.120. The zero-order valence-electron chi connectivity index (χ0n) is 22.8. The molecule has 0 spiro atoms. The first kappa shape index (κ1) is 26.8. The van der Waals surface area contributed by atoms with E-state index in [0.29, 0.717) is 24.2 Å². The summed E-state index contributed by atoms with van der Waals surface area (Å²) in [7, 11) is 0. The predicted molar refractivity (Wildman–Crippen MR) is 145 cm³/mol. The van der Waals surface area contributed by atoms with E-state index in [2.05, 4.69) is 82.1 Å². The molecule has 0 aliphatic heterocycles. The third-order valence-corrected chi connectivity index (χ3v) is 8.49. The molecule has 0 bridgehead atoms. The fourth-order valence-corrected chi connectivity index (χ4v) is 6.03.